The van der Waals surface area contributed by atoms with Crippen molar-refractivity contribution < 1.29 is 18.9 Å². The highest BCUT2D eigenvalue weighted by atomic mass is 16.5. The average molecular weight is 343 g/mol. The fourth-order valence-electron chi connectivity index (χ4n) is 3.12. The summed E-state index contributed by atoms with van der Waals surface area (Å²) >= 11 is 0. The molecule has 0 radical (unpaired) electrons. The van der Waals surface area contributed by atoms with Crippen molar-refractivity contribution in [3.8, 4) is 23.0 Å². The van der Waals surface area contributed by atoms with E-state index in [1.165, 1.54) is 11.1 Å². The maximum Gasteiger partial charge on any atom is 0.161 e. The van der Waals surface area contributed by atoms with Crippen LogP contribution in [0.2, 0.25) is 0 Å². The summed E-state index contributed by atoms with van der Waals surface area (Å²) in [4.78, 5) is 0. The van der Waals surface area contributed by atoms with E-state index in [4.69, 9.17) is 18.9 Å². The first-order chi connectivity index (χ1) is 12.2. The predicted molar refractivity (Wildman–Crippen MR) is 97.1 cm³/mol. The molecule has 3 rings (SSSR count). The van der Waals surface area contributed by atoms with E-state index >= 15 is 0 Å². The van der Waals surface area contributed by atoms with Crippen molar-refractivity contribution in [3.05, 3.63) is 47.5 Å². The van der Waals surface area contributed by atoms with E-state index in [0.717, 1.165) is 36.0 Å². The lowest BCUT2D eigenvalue weighted by atomic mass is 9.94. The molecule has 5 nitrogen and oxygen atoms in total. The van der Waals surface area contributed by atoms with Crippen LogP contribution >= 0.6 is 0 Å². The Balaban J connectivity index is 1.76. The van der Waals surface area contributed by atoms with Gasteiger partial charge in [-0.3, -0.25) is 0 Å². The van der Waals surface area contributed by atoms with Gasteiger partial charge in [0.15, 0.2) is 11.5 Å². The van der Waals surface area contributed by atoms with Gasteiger partial charge in [0.25, 0.3) is 0 Å². The Labute approximate surface area is 148 Å². The summed E-state index contributed by atoms with van der Waals surface area (Å²) in [7, 11) is 3.32. The van der Waals surface area contributed by atoms with Gasteiger partial charge in [-0.2, -0.15) is 0 Å². The van der Waals surface area contributed by atoms with Crippen molar-refractivity contribution >= 4 is 0 Å². The van der Waals surface area contributed by atoms with E-state index in [1.54, 1.807) is 14.2 Å². The number of benzene rings is 2. The van der Waals surface area contributed by atoms with Crippen LogP contribution in [0.1, 0.15) is 24.1 Å². The molecule has 1 aliphatic heterocycles. The Bertz CT molecular complexity index is 717. The van der Waals surface area contributed by atoms with Crippen molar-refractivity contribution in [1.29, 1.82) is 0 Å². The van der Waals surface area contributed by atoms with Gasteiger partial charge in [0.1, 0.15) is 18.1 Å². The van der Waals surface area contributed by atoms with E-state index in [1.807, 2.05) is 37.3 Å². The number of hydrogen-bond acceptors (Lipinski definition) is 5. The molecule has 1 heterocycles. The van der Waals surface area contributed by atoms with Crippen LogP contribution in [0.4, 0.5) is 0 Å². The van der Waals surface area contributed by atoms with Crippen molar-refractivity contribution in [1.82, 2.24) is 5.32 Å². The summed E-state index contributed by atoms with van der Waals surface area (Å²) < 4.78 is 22.4. The van der Waals surface area contributed by atoms with E-state index < -0.39 is 0 Å². The first-order valence-electron chi connectivity index (χ1n) is 8.59. The van der Waals surface area contributed by atoms with Gasteiger partial charge in [-0.1, -0.05) is 6.07 Å². The Morgan fingerprint density at radius 2 is 1.72 bits per heavy atom. The molecule has 0 saturated carbocycles. The average Bonchev–Trinajstić information content (AvgIpc) is 2.65. The minimum absolute atomic E-state index is 0.110. The highest BCUT2D eigenvalue weighted by Gasteiger charge is 2.23. The minimum Gasteiger partial charge on any atom is -0.494 e. The van der Waals surface area contributed by atoms with Crippen LogP contribution in [-0.4, -0.2) is 34.0 Å². The third-order valence-electron chi connectivity index (χ3n) is 4.34. The monoisotopic (exact) mass is 343 g/mol. The normalized spacial score (nSPS) is 16.0. The summed E-state index contributed by atoms with van der Waals surface area (Å²) in [6, 6.07) is 12.0. The Morgan fingerprint density at radius 1 is 1.00 bits per heavy atom. The van der Waals surface area contributed by atoms with Gasteiger partial charge in [0.05, 0.1) is 26.9 Å². The van der Waals surface area contributed by atoms with Gasteiger partial charge >= 0.3 is 0 Å². The Morgan fingerprint density at radius 3 is 2.44 bits per heavy atom. The molecule has 0 spiro atoms. The summed E-state index contributed by atoms with van der Waals surface area (Å²) in [5.74, 6) is 3.14. The maximum absolute atomic E-state index is 6.00. The highest BCUT2D eigenvalue weighted by Crippen LogP contribution is 2.35. The molecule has 1 aliphatic rings. The first-order valence-corrected chi connectivity index (χ1v) is 8.59. The zero-order chi connectivity index (χ0) is 17.6. The number of ether oxygens (including phenoxy) is 4. The first kappa shape index (κ1) is 17.4. The lowest BCUT2D eigenvalue weighted by Crippen LogP contribution is -2.33. The molecule has 1 N–H and O–H groups in total. The van der Waals surface area contributed by atoms with Crippen molar-refractivity contribution in [2.45, 2.75) is 19.4 Å². The van der Waals surface area contributed by atoms with Gasteiger partial charge < -0.3 is 24.3 Å². The molecule has 5 heteroatoms. The SMILES string of the molecule is CCOc1cccc(OCC2NCCc3cc(OC)c(OC)cc32)c1. The van der Waals surface area contributed by atoms with Gasteiger partial charge in [-0.15, -0.1) is 0 Å². The highest BCUT2D eigenvalue weighted by molar-refractivity contribution is 5.49. The molecule has 0 aliphatic carbocycles. The third-order valence-corrected chi connectivity index (χ3v) is 4.34. The van der Waals surface area contributed by atoms with E-state index in [-0.39, 0.29) is 6.04 Å². The van der Waals surface area contributed by atoms with Crippen molar-refractivity contribution in [2.24, 2.45) is 0 Å². The summed E-state index contributed by atoms with van der Waals surface area (Å²) in [5.41, 5.74) is 2.47. The number of rotatable bonds is 7. The lowest BCUT2D eigenvalue weighted by molar-refractivity contribution is 0.258. The number of hydrogen-bond donors (Lipinski definition) is 1. The van der Waals surface area contributed by atoms with Crippen LogP contribution in [0.25, 0.3) is 0 Å². The van der Waals surface area contributed by atoms with Crippen molar-refractivity contribution in [2.75, 3.05) is 34.0 Å². The fourth-order valence-corrected chi connectivity index (χ4v) is 3.12. The predicted octanol–water partition coefficient (Wildman–Crippen LogP) is 3.37. The minimum atomic E-state index is 0.110. The van der Waals surface area contributed by atoms with E-state index in [9.17, 15) is 0 Å². The second kappa shape index (κ2) is 8.12. The van der Waals surface area contributed by atoms with Crippen LogP contribution in [-0.2, 0) is 6.42 Å². The molecule has 134 valence electrons. The van der Waals surface area contributed by atoms with Gasteiger partial charge in [-0.05, 0) is 55.3 Å². The molecule has 0 fully saturated rings. The molecule has 0 bridgehead atoms. The van der Waals surface area contributed by atoms with Crippen LogP contribution < -0.4 is 24.3 Å². The zero-order valence-corrected chi connectivity index (χ0v) is 15.0. The second-order valence-electron chi connectivity index (χ2n) is 5.88. The van der Waals surface area contributed by atoms with Gasteiger partial charge in [0.2, 0.25) is 0 Å². The molecule has 2 aromatic carbocycles. The topological polar surface area (TPSA) is 49.0 Å². The summed E-state index contributed by atoms with van der Waals surface area (Å²) in [6.45, 7) is 4.06. The number of fused-ring (bicyclic) bond motifs is 1. The third kappa shape index (κ3) is 3.99. The quantitative estimate of drug-likeness (QED) is 0.835. The summed E-state index contributed by atoms with van der Waals surface area (Å²) in [5, 5.41) is 3.52. The maximum atomic E-state index is 6.00. The van der Waals surface area contributed by atoms with Gasteiger partial charge in [0, 0.05) is 6.07 Å². The zero-order valence-electron chi connectivity index (χ0n) is 15.0. The molecule has 2 aromatic rings. The van der Waals surface area contributed by atoms with Crippen LogP contribution in [0.15, 0.2) is 36.4 Å². The lowest BCUT2D eigenvalue weighted by Gasteiger charge is -2.28. The van der Waals surface area contributed by atoms with Crippen LogP contribution in [0.5, 0.6) is 23.0 Å². The molecule has 25 heavy (non-hydrogen) atoms. The largest absolute Gasteiger partial charge is 0.494 e. The molecular weight excluding hydrogens is 318 g/mol. The fraction of sp³-hybridized carbons (Fsp3) is 0.400. The van der Waals surface area contributed by atoms with Crippen molar-refractivity contribution in [3.63, 3.8) is 0 Å². The van der Waals surface area contributed by atoms with Gasteiger partial charge in [-0.25, -0.2) is 0 Å². The summed E-state index contributed by atoms with van der Waals surface area (Å²) in [6.07, 6.45) is 0.964. The Hall–Kier alpha value is -2.40. The van der Waals surface area contributed by atoms with Crippen LogP contribution in [0.3, 0.4) is 0 Å². The molecule has 0 amide bonds. The molecule has 0 saturated heterocycles. The smallest absolute Gasteiger partial charge is 0.161 e. The Kier molecular flexibility index (Phi) is 5.66. The molecule has 1 unspecified atom stereocenters. The standard InChI is InChI=1S/C20H25NO4/c1-4-24-15-6-5-7-16(11-15)25-13-18-17-12-20(23-3)19(22-2)10-14(17)8-9-21-18/h5-7,10-12,18,21H,4,8-9,13H2,1-3H3. The molecule has 1 atom stereocenters. The van der Waals surface area contributed by atoms with E-state index in [0.29, 0.717) is 13.2 Å². The number of methoxy groups -OCH3 is 2. The van der Waals surface area contributed by atoms with Crippen LogP contribution in [0, 0.1) is 0 Å². The molecular formula is C20H25NO4. The van der Waals surface area contributed by atoms with E-state index in [2.05, 4.69) is 11.4 Å². The molecule has 0 aromatic heterocycles. The number of nitrogens with one attached hydrogen (secondary N) is 1. The second-order valence-corrected chi connectivity index (χ2v) is 5.88.